The number of hydrogen-bond acceptors (Lipinski definition) is 7. The first kappa shape index (κ1) is 24.7. The van der Waals surface area contributed by atoms with Crippen molar-refractivity contribution in [3.63, 3.8) is 0 Å². The Kier molecular flexibility index (Phi) is 11.3. The number of rotatable bonds is 10. The van der Waals surface area contributed by atoms with Crippen LogP contribution in [0.15, 0.2) is 0 Å². The van der Waals surface area contributed by atoms with Gasteiger partial charge in [0, 0.05) is 13.8 Å². The average molecular weight is 423 g/mol. The Morgan fingerprint density at radius 2 is 1.64 bits per heavy atom. The number of carbonyl (C=O) groups excluding carboxylic acids is 2. The Bertz CT molecular complexity index is 432. The van der Waals surface area contributed by atoms with Gasteiger partial charge in [0.25, 0.3) is 0 Å². The van der Waals surface area contributed by atoms with Crippen molar-refractivity contribution in [2.75, 3.05) is 6.61 Å². The van der Waals surface area contributed by atoms with Crippen LogP contribution < -0.4 is 5.73 Å². The summed E-state index contributed by atoms with van der Waals surface area (Å²) in [5.74, 6) is -1.03. The number of esters is 2. The fourth-order valence-corrected chi connectivity index (χ4v) is 2.11. The smallest absolute Gasteiger partial charge is 0.303 e. The topological polar surface area (TPSA) is 97.1 Å². The highest BCUT2D eigenvalue weighted by Gasteiger charge is 2.35. The highest BCUT2D eigenvalue weighted by molar-refractivity contribution is 6.68. The lowest BCUT2D eigenvalue weighted by Gasteiger charge is -2.33. The van der Waals surface area contributed by atoms with E-state index in [4.69, 9.17) is 59.5 Å². The van der Waals surface area contributed by atoms with Crippen molar-refractivity contribution in [3.8, 4) is 0 Å². The minimum absolute atomic E-state index is 0.0569. The molecule has 0 aliphatic heterocycles. The normalized spacial score (nSPS) is 18.0. The minimum Gasteiger partial charge on any atom is -0.463 e. The van der Waals surface area contributed by atoms with Crippen molar-refractivity contribution in [2.45, 2.75) is 69.6 Å². The van der Waals surface area contributed by atoms with E-state index in [9.17, 15) is 9.59 Å². The zero-order valence-electron chi connectivity index (χ0n) is 15.0. The standard InChI is InChI=1S/C15H26Cl3NO6/c1-6-8(2)13(23-10(4)21)12(7-22-9(3)20)24-11(5)25-14(19)15(16,17)18/h8,11-14H,6-7,19H2,1-5H3/t8-,11-,12?,13+,14?/m1/s1. The molecule has 10 heteroatoms. The van der Waals surface area contributed by atoms with E-state index in [0.717, 1.165) is 0 Å². The Labute approximate surface area is 163 Å². The van der Waals surface area contributed by atoms with Crippen LogP contribution in [0.4, 0.5) is 0 Å². The van der Waals surface area contributed by atoms with E-state index in [1.165, 1.54) is 13.8 Å². The van der Waals surface area contributed by atoms with Gasteiger partial charge in [0.05, 0.1) is 0 Å². The number of ether oxygens (including phenoxy) is 4. The summed E-state index contributed by atoms with van der Waals surface area (Å²) in [7, 11) is 0. The third-order valence-corrected chi connectivity index (χ3v) is 4.00. The van der Waals surface area contributed by atoms with Crippen molar-refractivity contribution in [1.82, 2.24) is 0 Å². The summed E-state index contributed by atoms with van der Waals surface area (Å²) in [5, 5.41) is 0. The Morgan fingerprint density at radius 3 is 2.04 bits per heavy atom. The summed E-state index contributed by atoms with van der Waals surface area (Å²) in [4.78, 5) is 22.6. The lowest BCUT2D eigenvalue weighted by molar-refractivity contribution is -0.223. The largest absolute Gasteiger partial charge is 0.463 e. The molecule has 7 nitrogen and oxygen atoms in total. The molecule has 0 radical (unpaired) electrons. The molecule has 0 heterocycles. The number of alkyl halides is 3. The Balaban J connectivity index is 5.16. The molecule has 0 saturated carbocycles. The van der Waals surface area contributed by atoms with Gasteiger partial charge in [-0.15, -0.1) is 0 Å². The molecule has 0 spiro atoms. The van der Waals surface area contributed by atoms with Gasteiger partial charge in [0.15, 0.2) is 12.5 Å². The van der Waals surface area contributed by atoms with Gasteiger partial charge in [-0.3, -0.25) is 9.59 Å². The predicted octanol–water partition coefficient (Wildman–Crippen LogP) is 2.93. The fraction of sp³-hybridized carbons (Fsp3) is 0.867. The number of hydrogen-bond donors (Lipinski definition) is 1. The first-order valence-corrected chi connectivity index (χ1v) is 8.95. The van der Waals surface area contributed by atoms with Gasteiger partial charge in [-0.05, 0) is 19.3 Å². The van der Waals surface area contributed by atoms with Crippen LogP contribution in [0.1, 0.15) is 41.0 Å². The van der Waals surface area contributed by atoms with E-state index >= 15 is 0 Å². The van der Waals surface area contributed by atoms with E-state index in [2.05, 4.69) is 0 Å². The minimum atomic E-state index is -1.84. The summed E-state index contributed by atoms with van der Waals surface area (Å²) >= 11 is 17.0. The van der Waals surface area contributed by atoms with Gasteiger partial charge >= 0.3 is 11.9 Å². The number of carbonyl (C=O) groups is 2. The van der Waals surface area contributed by atoms with Crippen LogP contribution in [0.3, 0.4) is 0 Å². The SMILES string of the molecule is CC[C@@H](C)[C@H](OC(C)=O)C(COC(C)=O)O[C@@H](C)OC(N)C(Cl)(Cl)Cl. The van der Waals surface area contributed by atoms with Crippen LogP contribution in [0.25, 0.3) is 0 Å². The fourth-order valence-electron chi connectivity index (χ4n) is 1.96. The molecule has 0 aromatic heterocycles. The second-order valence-electron chi connectivity index (χ2n) is 5.60. The van der Waals surface area contributed by atoms with Gasteiger partial charge in [-0.25, -0.2) is 0 Å². The van der Waals surface area contributed by atoms with Crippen LogP contribution >= 0.6 is 34.8 Å². The first-order chi connectivity index (χ1) is 11.4. The maximum Gasteiger partial charge on any atom is 0.303 e. The molecule has 0 saturated heterocycles. The van der Waals surface area contributed by atoms with Crippen molar-refractivity contribution in [3.05, 3.63) is 0 Å². The molecular formula is C15H26Cl3NO6. The van der Waals surface area contributed by atoms with Gasteiger partial charge in [0.1, 0.15) is 18.8 Å². The van der Waals surface area contributed by atoms with Crippen molar-refractivity contribution in [2.24, 2.45) is 11.7 Å². The second-order valence-corrected chi connectivity index (χ2v) is 7.97. The maximum absolute atomic E-state index is 11.4. The molecule has 0 aromatic rings. The monoisotopic (exact) mass is 421 g/mol. The summed E-state index contributed by atoms with van der Waals surface area (Å²) in [6, 6.07) is 0. The predicted molar refractivity (Wildman–Crippen MR) is 95.3 cm³/mol. The molecule has 0 aliphatic rings. The van der Waals surface area contributed by atoms with Crippen LogP contribution in [-0.2, 0) is 28.5 Å². The van der Waals surface area contributed by atoms with E-state index in [1.807, 2.05) is 13.8 Å². The van der Waals surface area contributed by atoms with Crippen molar-refractivity contribution < 1.29 is 28.5 Å². The highest BCUT2D eigenvalue weighted by Crippen LogP contribution is 2.30. The molecule has 5 atom stereocenters. The average Bonchev–Trinajstić information content (AvgIpc) is 2.47. The maximum atomic E-state index is 11.4. The Morgan fingerprint density at radius 1 is 1.08 bits per heavy atom. The molecule has 0 fully saturated rings. The van der Waals surface area contributed by atoms with Gasteiger partial charge in [0.2, 0.25) is 3.79 Å². The lowest BCUT2D eigenvalue weighted by Crippen LogP contribution is -2.46. The summed E-state index contributed by atoms with van der Waals surface area (Å²) < 4.78 is 19.5. The van der Waals surface area contributed by atoms with E-state index in [0.29, 0.717) is 6.42 Å². The van der Waals surface area contributed by atoms with E-state index in [-0.39, 0.29) is 12.5 Å². The third kappa shape index (κ3) is 10.4. The molecule has 0 rings (SSSR count). The highest BCUT2D eigenvalue weighted by atomic mass is 35.6. The van der Waals surface area contributed by atoms with Gasteiger partial charge in [-0.2, -0.15) is 0 Å². The molecule has 0 bridgehead atoms. The molecule has 0 amide bonds. The summed E-state index contributed by atoms with van der Waals surface area (Å²) in [5.41, 5.74) is 5.62. The summed E-state index contributed by atoms with van der Waals surface area (Å²) in [6.45, 7) is 7.78. The van der Waals surface area contributed by atoms with E-state index < -0.39 is 40.5 Å². The zero-order valence-corrected chi connectivity index (χ0v) is 17.2. The van der Waals surface area contributed by atoms with Crippen LogP contribution in [0.2, 0.25) is 0 Å². The van der Waals surface area contributed by atoms with Crippen LogP contribution in [-0.4, -0.2) is 47.1 Å². The third-order valence-electron chi connectivity index (χ3n) is 3.35. The number of nitrogens with two attached hydrogens (primary N) is 1. The number of halogens is 3. The molecule has 0 aromatic carbocycles. The molecular weight excluding hydrogens is 397 g/mol. The van der Waals surface area contributed by atoms with Gasteiger partial charge in [-0.1, -0.05) is 48.7 Å². The summed E-state index contributed by atoms with van der Waals surface area (Å²) in [6.07, 6.45) is -2.87. The molecule has 148 valence electrons. The van der Waals surface area contributed by atoms with Crippen molar-refractivity contribution in [1.29, 1.82) is 0 Å². The Hall–Kier alpha value is -0.310. The molecule has 2 N–H and O–H groups in total. The first-order valence-electron chi connectivity index (χ1n) is 7.82. The molecule has 2 unspecified atom stereocenters. The van der Waals surface area contributed by atoms with E-state index in [1.54, 1.807) is 6.92 Å². The van der Waals surface area contributed by atoms with Crippen LogP contribution in [0.5, 0.6) is 0 Å². The lowest BCUT2D eigenvalue weighted by atomic mass is 9.97. The zero-order chi connectivity index (χ0) is 19.8. The molecule has 25 heavy (non-hydrogen) atoms. The second kappa shape index (κ2) is 11.4. The van der Waals surface area contributed by atoms with Crippen LogP contribution in [0, 0.1) is 5.92 Å². The van der Waals surface area contributed by atoms with Crippen molar-refractivity contribution >= 4 is 46.7 Å². The quantitative estimate of drug-likeness (QED) is 0.328. The molecule has 0 aliphatic carbocycles. The van der Waals surface area contributed by atoms with Gasteiger partial charge < -0.3 is 24.7 Å².